The maximum Gasteiger partial charge on any atom is 0.317 e. The van der Waals surface area contributed by atoms with Gasteiger partial charge in [0.25, 0.3) is 0 Å². The Balaban J connectivity index is 2.94. The fraction of sp³-hybridized carbons (Fsp3) is 0.222. The number of carboxylic acid groups (broad SMARTS) is 1. The Hall–Kier alpha value is -1.31. The monoisotopic (exact) mass is 150 g/mol. The van der Waals surface area contributed by atoms with E-state index in [-0.39, 0.29) is 0 Å². The molecule has 1 atom stereocenters. The predicted octanol–water partition coefficient (Wildman–Crippen LogP) is 1.76. The van der Waals surface area contributed by atoms with Crippen LogP contribution in [0.5, 0.6) is 0 Å². The Morgan fingerprint density at radius 2 is 2.36 bits per heavy atom. The van der Waals surface area contributed by atoms with Crippen molar-refractivity contribution in [1.82, 2.24) is 0 Å². The molecule has 0 saturated carbocycles. The van der Waals surface area contributed by atoms with Gasteiger partial charge in [0.2, 0.25) is 0 Å². The van der Waals surface area contributed by atoms with Gasteiger partial charge in [-0.25, -0.2) is 0 Å². The molecule has 0 aromatic rings. The van der Waals surface area contributed by atoms with Gasteiger partial charge in [-0.1, -0.05) is 30.4 Å². The highest BCUT2D eigenvalue weighted by Crippen LogP contribution is 2.28. The van der Waals surface area contributed by atoms with E-state index in [4.69, 9.17) is 5.11 Å². The standard InChI is InChI=1S/C9H10O2/c1-2-9(8(10)11)6-4-3-5-7-9/h2-6H,1,7H2,(H,10,11). The van der Waals surface area contributed by atoms with Crippen molar-refractivity contribution in [2.75, 3.05) is 0 Å². The quantitative estimate of drug-likeness (QED) is 0.609. The van der Waals surface area contributed by atoms with E-state index in [1.807, 2.05) is 12.2 Å². The zero-order valence-corrected chi connectivity index (χ0v) is 6.16. The van der Waals surface area contributed by atoms with E-state index in [2.05, 4.69) is 6.58 Å². The number of aliphatic carboxylic acids is 1. The first kappa shape index (κ1) is 7.79. The van der Waals surface area contributed by atoms with E-state index in [1.165, 1.54) is 6.08 Å². The molecule has 0 spiro atoms. The zero-order valence-electron chi connectivity index (χ0n) is 6.16. The molecule has 1 aliphatic rings. The molecule has 0 aromatic heterocycles. The third-order valence-electron chi connectivity index (χ3n) is 1.86. The van der Waals surface area contributed by atoms with Gasteiger partial charge in [0, 0.05) is 0 Å². The number of carbonyl (C=O) groups is 1. The molecule has 11 heavy (non-hydrogen) atoms. The first-order valence-electron chi connectivity index (χ1n) is 3.43. The van der Waals surface area contributed by atoms with Gasteiger partial charge in [0.1, 0.15) is 5.41 Å². The molecule has 0 amide bonds. The Bertz CT molecular complexity index is 238. The highest BCUT2D eigenvalue weighted by atomic mass is 16.4. The lowest BCUT2D eigenvalue weighted by Gasteiger charge is -2.21. The number of hydrogen-bond donors (Lipinski definition) is 1. The summed E-state index contributed by atoms with van der Waals surface area (Å²) in [5.41, 5.74) is -0.866. The predicted molar refractivity (Wildman–Crippen MR) is 43.2 cm³/mol. The van der Waals surface area contributed by atoms with E-state index in [0.29, 0.717) is 6.42 Å². The fourth-order valence-corrected chi connectivity index (χ4v) is 1.03. The lowest BCUT2D eigenvalue weighted by molar-refractivity contribution is -0.143. The Kier molecular flexibility index (Phi) is 1.94. The molecule has 1 aliphatic carbocycles. The molecule has 2 nitrogen and oxygen atoms in total. The summed E-state index contributed by atoms with van der Waals surface area (Å²) in [5.74, 6) is -0.840. The minimum atomic E-state index is -0.866. The average Bonchev–Trinajstić information content (AvgIpc) is 2.05. The van der Waals surface area contributed by atoms with Crippen molar-refractivity contribution in [3.63, 3.8) is 0 Å². The first-order valence-corrected chi connectivity index (χ1v) is 3.43. The fourth-order valence-electron chi connectivity index (χ4n) is 1.03. The number of rotatable bonds is 2. The Morgan fingerprint density at radius 1 is 1.64 bits per heavy atom. The van der Waals surface area contributed by atoms with Crippen LogP contribution in [0.4, 0.5) is 0 Å². The van der Waals surface area contributed by atoms with Gasteiger partial charge in [0.15, 0.2) is 0 Å². The third-order valence-corrected chi connectivity index (χ3v) is 1.86. The molecular formula is C9H10O2. The molecule has 1 unspecified atom stereocenters. The SMILES string of the molecule is C=CC1(C(=O)O)C=CC=CC1. The summed E-state index contributed by atoms with van der Waals surface area (Å²) < 4.78 is 0. The summed E-state index contributed by atoms with van der Waals surface area (Å²) >= 11 is 0. The first-order chi connectivity index (χ1) is 5.21. The van der Waals surface area contributed by atoms with E-state index in [1.54, 1.807) is 12.2 Å². The Labute approximate surface area is 65.5 Å². The zero-order chi connectivity index (χ0) is 8.32. The van der Waals surface area contributed by atoms with Crippen LogP contribution in [0, 0.1) is 5.41 Å². The molecule has 2 heteroatoms. The largest absolute Gasteiger partial charge is 0.480 e. The van der Waals surface area contributed by atoms with Crippen LogP contribution in [0.2, 0.25) is 0 Å². The van der Waals surface area contributed by atoms with Crippen molar-refractivity contribution in [2.24, 2.45) is 5.41 Å². The second kappa shape index (κ2) is 2.74. The molecule has 1 rings (SSSR count). The maximum absolute atomic E-state index is 10.8. The molecule has 1 N–H and O–H groups in total. The van der Waals surface area contributed by atoms with Gasteiger partial charge in [-0.05, 0) is 6.42 Å². The number of hydrogen-bond acceptors (Lipinski definition) is 1. The summed E-state index contributed by atoms with van der Waals surface area (Å²) in [6.07, 6.45) is 9.03. The van der Waals surface area contributed by atoms with Crippen LogP contribution in [-0.4, -0.2) is 11.1 Å². The lowest BCUT2D eigenvalue weighted by atomic mass is 9.82. The Morgan fingerprint density at radius 3 is 2.64 bits per heavy atom. The molecule has 58 valence electrons. The molecule has 0 aromatic carbocycles. The van der Waals surface area contributed by atoms with Crippen molar-refractivity contribution >= 4 is 5.97 Å². The van der Waals surface area contributed by atoms with Gasteiger partial charge in [-0.2, -0.15) is 0 Å². The van der Waals surface area contributed by atoms with Gasteiger partial charge >= 0.3 is 5.97 Å². The van der Waals surface area contributed by atoms with Crippen LogP contribution in [0.1, 0.15) is 6.42 Å². The van der Waals surface area contributed by atoms with E-state index < -0.39 is 11.4 Å². The second-order valence-electron chi connectivity index (χ2n) is 2.54. The topological polar surface area (TPSA) is 37.3 Å². The average molecular weight is 150 g/mol. The summed E-state index contributed by atoms with van der Waals surface area (Å²) in [6.45, 7) is 3.51. The summed E-state index contributed by atoms with van der Waals surface area (Å²) in [7, 11) is 0. The maximum atomic E-state index is 10.8. The molecule has 0 bridgehead atoms. The molecule has 0 heterocycles. The lowest BCUT2D eigenvalue weighted by Crippen LogP contribution is -2.26. The molecule has 0 aliphatic heterocycles. The number of carboxylic acids is 1. The highest BCUT2D eigenvalue weighted by Gasteiger charge is 2.31. The van der Waals surface area contributed by atoms with E-state index >= 15 is 0 Å². The van der Waals surface area contributed by atoms with Crippen LogP contribution >= 0.6 is 0 Å². The van der Waals surface area contributed by atoms with E-state index in [9.17, 15) is 4.79 Å². The van der Waals surface area contributed by atoms with Gasteiger partial charge in [0.05, 0.1) is 0 Å². The van der Waals surface area contributed by atoms with Crippen LogP contribution in [-0.2, 0) is 4.79 Å². The van der Waals surface area contributed by atoms with Crippen LogP contribution < -0.4 is 0 Å². The van der Waals surface area contributed by atoms with Crippen molar-refractivity contribution in [3.8, 4) is 0 Å². The van der Waals surface area contributed by atoms with Gasteiger partial charge in [-0.15, -0.1) is 6.58 Å². The smallest absolute Gasteiger partial charge is 0.317 e. The normalized spacial score (nSPS) is 28.4. The van der Waals surface area contributed by atoms with Gasteiger partial charge in [-0.3, -0.25) is 4.79 Å². The minimum absolute atomic E-state index is 0.502. The summed E-state index contributed by atoms with van der Waals surface area (Å²) in [5, 5.41) is 8.83. The van der Waals surface area contributed by atoms with Crippen LogP contribution in [0.15, 0.2) is 37.0 Å². The van der Waals surface area contributed by atoms with Gasteiger partial charge < -0.3 is 5.11 Å². The summed E-state index contributed by atoms with van der Waals surface area (Å²) in [4.78, 5) is 10.8. The van der Waals surface area contributed by atoms with Crippen LogP contribution in [0.25, 0.3) is 0 Å². The third kappa shape index (κ3) is 1.24. The van der Waals surface area contributed by atoms with Crippen molar-refractivity contribution < 1.29 is 9.90 Å². The van der Waals surface area contributed by atoms with E-state index in [0.717, 1.165) is 0 Å². The van der Waals surface area contributed by atoms with Crippen LogP contribution in [0.3, 0.4) is 0 Å². The van der Waals surface area contributed by atoms with Crippen molar-refractivity contribution in [2.45, 2.75) is 6.42 Å². The molecule has 0 fully saturated rings. The minimum Gasteiger partial charge on any atom is -0.480 e. The second-order valence-corrected chi connectivity index (χ2v) is 2.54. The summed E-state index contributed by atoms with van der Waals surface area (Å²) in [6, 6.07) is 0. The van der Waals surface area contributed by atoms with Crippen molar-refractivity contribution in [3.05, 3.63) is 37.0 Å². The molecular weight excluding hydrogens is 140 g/mol. The van der Waals surface area contributed by atoms with Crippen molar-refractivity contribution in [1.29, 1.82) is 0 Å². The number of allylic oxidation sites excluding steroid dienone is 3. The molecule has 0 radical (unpaired) electrons. The highest BCUT2D eigenvalue weighted by molar-refractivity contribution is 5.80. The molecule has 0 saturated heterocycles.